The topological polar surface area (TPSA) is 57.4 Å². The highest BCUT2D eigenvalue weighted by atomic mass is 16.5. The zero-order valence-electron chi connectivity index (χ0n) is 12.5. The lowest BCUT2D eigenvalue weighted by Gasteiger charge is -2.51. The molecule has 1 saturated carbocycles. The molecule has 0 spiro atoms. The van der Waals surface area contributed by atoms with Crippen molar-refractivity contribution in [3.63, 3.8) is 0 Å². The number of hydrogen-bond acceptors (Lipinski definition) is 3. The monoisotopic (exact) mass is 289 g/mol. The van der Waals surface area contributed by atoms with Crippen LogP contribution in [-0.4, -0.2) is 53.7 Å². The maximum absolute atomic E-state index is 12.5. The van der Waals surface area contributed by atoms with Gasteiger partial charge in [-0.05, 0) is 45.3 Å². The van der Waals surface area contributed by atoms with E-state index in [1.54, 1.807) is 0 Å². The summed E-state index contributed by atoms with van der Waals surface area (Å²) in [7, 11) is 0. The maximum atomic E-state index is 12.5. The van der Waals surface area contributed by atoms with Gasteiger partial charge in [0.1, 0.15) is 0 Å². The molecule has 1 aliphatic carbocycles. The number of likely N-dealkylation sites (tertiary alicyclic amines) is 1. The van der Waals surface area contributed by atoms with Gasteiger partial charge in [0.05, 0.1) is 23.8 Å². The Morgan fingerprint density at radius 2 is 2.24 bits per heavy atom. The first-order valence-corrected chi connectivity index (χ1v) is 8.06. The van der Waals surface area contributed by atoms with Crippen LogP contribution in [-0.2, 0) is 4.74 Å². The Balaban J connectivity index is 1.50. The van der Waals surface area contributed by atoms with E-state index in [4.69, 9.17) is 4.74 Å². The van der Waals surface area contributed by atoms with Crippen LogP contribution >= 0.6 is 0 Å². The SMILES string of the molecule is Cc1[nH]ccc1C(=O)N[C@@H]1[C@@H]2CCO[C@@H]2[C@H]1N1CCCC1. The lowest BCUT2D eigenvalue weighted by atomic mass is 9.70. The van der Waals surface area contributed by atoms with Gasteiger partial charge in [-0.1, -0.05) is 0 Å². The van der Waals surface area contributed by atoms with Gasteiger partial charge in [0, 0.05) is 24.4 Å². The average molecular weight is 289 g/mol. The van der Waals surface area contributed by atoms with Gasteiger partial charge in [0.15, 0.2) is 0 Å². The van der Waals surface area contributed by atoms with Gasteiger partial charge in [-0.25, -0.2) is 0 Å². The third kappa shape index (κ3) is 2.10. The van der Waals surface area contributed by atoms with Crippen LogP contribution in [0.2, 0.25) is 0 Å². The van der Waals surface area contributed by atoms with Crippen LogP contribution in [0.15, 0.2) is 12.3 Å². The molecule has 21 heavy (non-hydrogen) atoms. The predicted octanol–water partition coefficient (Wildman–Crippen LogP) is 1.30. The quantitative estimate of drug-likeness (QED) is 0.882. The number of H-pyrrole nitrogens is 1. The number of nitrogens with one attached hydrogen (secondary N) is 2. The fourth-order valence-electron chi connectivity index (χ4n) is 4.27. The van der Waals surface area contributed by atoms with E-state index in [9.17, 15) is 4.79 Å². The Hall–Kier alpha value is -1.33. The first kappa shape index (κ1) is 13.3. The number of hydrogen-bond donors (Lipinski definition) is 2. The predicted molar refractivity (Wildman–Crippen MR) is 79.2 cm³/mol. The van der Waals surface area contributed by atoms with Gasteiger partial charge in [-0.3, -0.25) is 9.69 Å². The van der Waals surface area contributed by atoms with Crippen molar-refractivity contribution in [3.05, 3.63) is 23.5 Å². The fourth-order valence-corrected chi connectivity index (χ4v) is 4.27. The van der Waals surface area contributed by atoms with Crippen LogP contribution in [0.4, 0.5) is 0 Å². The summed E-state index contributed by atoms with van der Waals surface area (Å²) in [5.74, 6) is 0.548. The number of carbonyl (C=O) groups excluding carboxylic acids is 1. The van der Waals surface area contributed by atoms with E-state index in [-0.39, 0.29) is 11.9 Å². The third-order valence-corrected chi connectivity index (χ3v) is 5.41. The molecule has 2 saturated heterocycles. The van der Waals surface area contributed by atoms with Crippen LogP contribution in [0.5, 0.6) is 0 Å². The van der Waals surface area contributed by atoms with Crippen molar-refractivity contribution in [2.45, 2.75) is 44.4 Å². The second kappa shape index (κ2) is 5.14. The van der Waals surface area contributed by atoms with Crippen molar-refractivity contribution in [2.24, 2.45) is 5.92 Å². The molecule has 1 aromatic heterocycles. The number of carbonyl (C=O) groups is 1. The van der Waals surface area contributed by atoms with Gasteiger partial charge in [-0.15, -0.1) is 0 Å². The molecule has 2 N–H and O–H groups in total. The molecule has 1 aromatic rings. The summed E-state index contributed by atoms with van der Waals surface area (Å²) in [6.07, 6.45) is 5.77. The van der Waals surface area contributed by atoms with Crippen LogP contribution < -0.4 is 5.32 Å². The summed E-state index contributed by atoms with van der Waals surface area (Å²) in [5.41, 5.74) is 1.70. The summed E-state index contributed by atoms with van der Waals surface area (Å²) >= 11 is 0. The fraction of sp³-hybridized carbons (Fsp3) is 0.688. The van der Waals surface area contributed by atoms with Gasteiger partial charge >= 0.3 is 0 Å². The normalized spacial score (nSPS) is 35.5. The van der Waals surface area contributed by atoms with Crippen LogP contribution in [0.25, 0.3) is 0 Å². The number of aromatic amines is 1. The minimum Gasteiger partial charge on any atom is -0.376 e. The number of fused-ring (bicyclic) bond motifs is 1. The van der Waals surface area contributed by atoms with Gasteiger partial charge in [0.25, 0.3) is 5.91 Å². The molecule has 5 nitrogen and oxygen atoms in total. The van der Waals surface area contributed by atoms with E-state index in [1.165, 1.54) is 12.8 Å². The highest BCUT2D eigenvalue weighted by Gasteiger charge is 2.56. The lowest BCUT2D eigenvalue weighted by molar-refractivity contribution is -0.0747. The van der Waals surface area contributed by atoms with Crippen molar-refractivity contribution in [1.82, 2.24) is 15.2 Å². The molecule has 4 atom stereocenters. The second-order valence-electron chi connectivity index (χ2n) is 6.54. The van der Waals surface area contributed by atoms with Crippen molar-refractivity contribution in [2.75, 3.05) is 19.7 Å². The van der Waals surface area contributed by atoms with Crippen LogP contribution in [0.1, 0.15) is 35.3 Å². The van der Waals surface area contributed by atoms with E-state index in [0.717, 1.165) is 37.4 Å². The Kier molecular flexibility index (Phi) is 3.27. The Morgan fingerprint density at radius 1 is 1.43 bits per heavy atom. The molecule has 4 rings (SSSR count). The first-order chi connectivity index (χ1) is 10.3. The van der Waals surface area contributed by atoms with Crippen molar-refractivity contribution in [3.8, 4) is 0 Å². The maximum Gasteiger partial charge on any atom is 0.253 e. The molecule has 3 heterocycles. The number of aryl methyl sites for hydroxylation is 1. The third-order valence-electron chi connectivity index (χ3n) is 5.41. The van der Waals surface area contributed by atoms with E-state index < -0.39 is 0 Å². The summed E-state index contributed by atoms with van der Waals surface area (Å²) < 4.78 is 5.90. The summed E-state index contributed by atoms with van der Waals surface area (Å²) in [6, 6.07) is 2.48. The first-order valence-electron chi connectivity index (χ1n) is 8.06. The Bertz CT molecular complexity index is 531. The Labute approximate surface area is 125 Å². The summed E-state index contributed by atoms with van der Waals surface area (Å²) in [6.45, 7) is 5.07. The molecule has 3 aliphatic rings. The molecular weight excluding hydrogens is 266 g/mol. The minimum absolute atomic E-state index is 0.0493. The summed E-state index contributed by atoms with van der Waals surface area (Å²) in [4.78, 5) is 18.1. The average Bonchev–Trinajstić information content (AvgIpc) is 3.17. The van der Waals surface area contributed by atoms with E-state index >= 15 is 0 Å². The molecular formula is C16H23N3O2. The highest BCUT2D eigenvalue weighted by Crippen LogP contribution is 2.42. The van der Waals surface area contributed by atoms with Gasteiger partial charge in [0.2, 0.25) is 0 Å². The molecule has 0 aromatic carbocycles. The molecule has 2 aliphatic heterocycles. The zero-order valence-corrected chi connectivity index (χ0v) is 12.5. The van der Waals surface area contributed by atoms with E-state index in [2.05, 4.69) is 15.2 Å². The Morgan fingerprint density at radius 3 is 2.95 bits per heavy atom. The molecule has 0 radical (unpaired) electrons. The van der Waals surface area contributed by atoms with Crippen molar-refractivity contribution >= 4 is 5.91 Å². The lowest BCUT2D eigenvalue weighted by Crippen LogP contribution is -2.70. The van der Waals surface area contributed by atoms with E-state index in [1.807, 2.05) is 19.2 Å². The highest BCUT2D eigenvalue weighted by molar-refractivity contribution is 5.95. The number of ether oxygens (including phenoxy) is 1. The smallest absolute Gasteiger partial charge is 0.253 e. The second-order valence-corrected chi connectivity index (χ2v) is 6.54. The molecule has 114 valence electrons. The number of aromatic nitrogens is 1. The number of rotatable bonds is 3. The largest absolute Gasteiger partial charge is 0.376 e. The van der Waals surface area contributed by atoms with Crippen molar-refractivity contribution < 1.29 is 9.53 Å². The summed E-state index contributed by atoms with van der Waals surface area (Å²) in [5, 5.41) is 3.28. The number of nitrogens with zero attached hydrogens (tertiary/aromatic N) is 1. The van der Waals surface area contributed by atoms with Crippen LogP contribution in [0.3, 0.4) is 0 Å². The molecule has 3 fully saturated rings. The van der Waals surface area contributed by atoms with Crippen molar-refractivity contribution in [1.29, 1.82) is 0 Å². The molecule has 5 heteroatoms. The standard InChI is InChI=1S/C16H23N3O2/c1-10-11(4-6-17-10)16(20)18-13-12-5-9-21-15(12)14(13)19-7-2-3-8-19/h4,6,12-15,17H,2-3,5,7-9H2,1H3,(H,18,20)/t12-,13+,14-,15-/m0/s1. The minimum atomic E-state index is 0.0493. The molecule has 1 amide bonds. The zero-order chi connectivity index (χ0) is 14.4. The number of amides is 1. The van der Waals surface area contributed by atoms with E-state index in [0.29, 0.717) is 18.1 Å². The van der Waals surface area contributed by atoms with Crippen LogP contribution in [0, 0.1) is 12.8 Å². The molecule has 0 unspecified atom stereocenters. The van der Waals surface area contributed by atoms with Gasteiger partial charge in [-0.2, -0.15) is 0 Å². The van der Waals surface area contributed by atoms with Gasteiger partial charge < -0.3 is 15.0 Å². The molecule has 0 bridgehead atoms.